The highest BCUT2D eigenvalue weighted by Gasteiger charge is 2.38. The van der Waals surface area contributed by atoms with E-state index in [1.54, 1.807) is 7.11 Å². The van der Waals surface area contributed by atoms with E-state index in [9.17, 15) is 0 Å². The third-order valence-corrected chi connectivity index (χ3v) is 4.26. The van der Waals surface area contributed by atoms with Crippen LogP contribution in [0.15, 0.2) is 0 Å². The van der Waals surface area contributed by atoms with Gasteiger partial charge in [-0.05, 0) is 30.6 Å². The molecular formula is C14H29NO. The smallest absolute Gasteiger partial charge is 0.0465 e. The molecule has 0 radical (unpaired) electrons. The maximum atomic E-state index is 5.22. The first-order valence-corrected chi connectivity index (χ1v) is 6.83. The highest BCUT2D eigenvalue weighted by atomic mass is 16.5. The molecule has 1 N–H and O–H groups in total. The van der Waals surface area contributed by atoms with E-state index >= 15 is 0 Å². The molecule has 1 aliphatic carbocycles. The van der Waals surface area contributed by atoms with Crippen molar-refractivity contribution < 1.29 is 4.74 Å². The minimum absolute atomic E-state index is 0.544. The largest absolute Gasteiger partial charge is 0.385 e. The summed E-state index contributed by atoms with van der Waals surface area (Å²) in [6.45, 7) is 8.98. The minimum Gasteiger partial charge on any atom is -0.385 e. The van der Waals surface area contributed by atoms with Crippen molar-refractivity contribution in [1.29, 1.82) is 0 Å². The van der Waals surface area contributed by atoms with Gasteiger partial charge in [-0.15, -0.1) is 0 Å². The zero-order valence-corrected chi connectivity index (χ0v) is 11.5. The molecule has 1 fully saturated rings. The molecule has 0 aromatic heterocycles. The summed E-state index contributed by atoms with van der Waals surface area (Å²) < 4.78 is 5.22. The standard InChI is InChI=1S/C14H29NO/c1-12(2)15-11-14(8-5-6-9-14)13(3)7-10-16-4/h12-13,15H,5-11H2,1-4H3. The van der Waals surface area contributed by atoms with Crippen molar-refractivity contribution in [2.75, 3.05) is 20.3 Å². The first-order chi connectivity index (χ1) is 7.60. The topological polar surface area (TPSA) is 21.3 Å². The van der Waals surface area contributed by atoms with E-state index in [-0.39, 0.29) is 0 Å². The number of hydrogen-bond acceptors (Lipinski definition) is 2. The van der Waals surface area contributed by atoms with Gasteiger partial charge in [0.2, 0.25) is 0 Å². The maximum absolute atomic E-state index is 5.22. The Labute approximate surface area is 101 Å². The minimum atomic E-state index is 0.544. The van der Waals surface area contributed by atoms with Gasteiger partial charge in [0.1, 0.15) is 0 Å². The lowest BCUT2D eigenvalue weighted by Crippen LogP contribution is -2.40. The summed E-state index contributed by atoms with van der Waals surface area (Å²) in [4.78, 5) is 0. The average molecular weight is 227 g/mol. The number of nitrogens with one attached hydrogen (secondary N) is 1. The zero-order chi connectivity index (χ0) is 12.0. The molecule has 0 aromatic carbocycles. The van der Waals surface area contributed by atoms with Crippen LogP contribution in [-0.4, -0.2) is 26.3 Å². The van der Waals surface area contributed by atoms with Crippen molar-refractivity contribution >= 4 is 0 Å². The predicted molar refractivity (Wildman–Crippen MR) is 69.7 cm³/mol. The normalized spacial score (nSPS) is 21.6. The summed E-state index contributed by atoms with van der Waals surface area (Å²) in [6, 6.07) is 0.604. The lowest BCUT2D eigenvalue weighted by molar-refractivity contribution is 0.113. The Hall–Kier alpha value is -0.0800. The molecule has 0 aliphatic heterocycles. The van der Waals surface area contributed by atoms with Crippen molar-refractivity contribution in [3.63, 3.8) is 0 Å². The highest BCUT2D eigenvalue weighted by Crippen LogP contribution is 2.45. The van der Waals surface area contributed by atoms with Gasteiger partial charge in [-0.3, -0.25) is 0 Å². The number of ether oxygens (including phenoxy) is 1. The molecule has 1 atom stereocenters. The first kappa shape index (κ1) is 14.0. The fourth-order valence-electron chi connectivity index (χ4n) is 2.93. The molecule has 0 aromatic rings. The number of rotatable bonds is 7. The number of hydrogen-bond donors (Lipinski definition) is 1. The van der Waals surface area contributed by atoms with Gasteiger partial charge >= 0.3 is 0 Å². The van der Waals surface area contributed by atoms with Crippen molar-refractivity contribution in [3.05, 3.63) is 0 Å². The summed E-state index contributed by atoms with van der Waals surface area (Å²) >= 11 is 0. The van der Waals surface area contributed by atoms with Gasteiger partial charge in [-0.1, -0.05) is 33.6 Å². The van der Waals surface area contributed by atoms with E-state index in [2.05, 4.69) is 26.1 Å². The second-order valence-electron chi connectivity index (χ2n) is 5.79. The van der Waals surface area contributed by atoms with Gasteiger partial charge in [0, 0.05) is 26.3 Å². The van der Waals surface area contributed by atoms with Crippen molar-refractivity contribution in [2.45, 2.75) is 58.9 Å². The quantitative estimate of drug-likeness (QED) is 0.721. The molecule has 1 aliphatic rings. The lowest BCUT2D eigenvalue weighted by atomic mass is 9.73. The molecule has 16 heavy (non-hydrogen) atoms. The SMILES string of the molecule is COCCC(C)C1(CNC(C)C)CCCC1. The van der Waals surface area contributed by atoms with Gasteiger partial charge in [0.25, 0.3) is 0 Å². The van der Waals surface area contributed by atoms with E-state index in [1.165, 1.54) is 38.6 Å². The highest BCUT2D eigenvalue weighted by molar-refractivity contribution is 4.91. The molecule has 96 valence electrons. The molecule has 1 unspecified atom stereocenters. The van der Waals surface area contributed by atoms with Crippen LogP contribution in [0.4, 0.5) is 0 Å². The van der Waals surface area contributed by atoms with E-state index < -0.39 is 0 Å². The van der Waals surface area contributed by atoms with Gasteiger partial charge in [0.05, 0.1) is 0 Å². The summed E-state index contributed by atoms with van der Waals surface area (Å²) in [5.74, 6) is 0.779. The van der Waals surface area contributed by atoms with Crippen molar-refractivity contribution in [1.82, 2.24) is 5.32 Å². The molecule has 1 saturated carbocycles. The van der Waals surface area contributed by atoms with Gasteiger partial charge in [-0.25, -0.2) is 0 Å². The third-order valence-electron chi connectivity index (χ3n) is 4.26. The Bertz CT molecular complexity index is 185. The molecule has 0 amide bonds. The average Bonchev–Trinajstić information content (AvgIpc) is 2.73. The van der Waals surface area contributed by atoms with E-state index in [0.29, 0.717) is 11.5 Å². The number of methoxy groups -OCH3 is 1. The maximum Gasteiger partial charge on any atom is 0.0465 e. The Morgan fingerprint density at radius 3 is 2.31 bits per heavy atom. The van der Waals surface area contributed by atoms with Gasteiger partial charge in [-0.2, -0.15) is 0 Å². The summed E-state index contributed by atoms with van der Waals surface area (Å²) in [6.07, 6.45) is 6.83. The predicted octanol–water partition coefficient (Wildman–Crippen LogP) is 3.22. The van der Waals surface area contributed by atoms with Crippen molar-refractivity contribution in [3.8, 4) is 0 Å². The first-order valence-electron chi connectivity index (χ1n) is 6.83. The fraction of sp³-hybridized carbons (Fsp3) is 1.00. The summed E-state index contributed by atoms with van der Waals surface area (Å²) in [7, 11) is 1.81. The molecule has 1 rings (SSSR count). The van der Waals surface area contributed by atoms with Crippen LogP contribution in [0.3, 0.4) is 0 Å². The summed E-state index contributed by atoms with van der Waals surface area (Å²) in [5, 5.41) is 3.64. The molecule has 2 nitrogen and oxygen atoms in total. The van der Waals surface area contributed by atoms with Crippen LogP contribution in [0.25, 0.3) is 0 Å². The fourth-order valence-corrected chi connectivity index (χ4v) is 2.93. The third kappa shape index (κ3) is 3.74. The molecule has 0 bridgehead atoms. The molecule has 2 heteroatoms. The van der Waals surface area contributed by atoms with Crippen LogP contribution < -0.4 is 5.32 Å². The molecular weight excluding hydrogens is 198 g/mol. The monoisotopic (exact) mass is 227 g/mol. The lowest BCUT2D eigenvalue weighted by Gasteiger charge is -2.36. The van der Waals surface area contributed by atoms with Crippen molar-refractivity contribution in [2.24, 2.45) is 11.3 Å². The molecule has 0 spiro atoms. The van der Waals surface area contributed by atoms with Crippen LogP contribution in [0.5, 0.6) is 0 Å². The van der Waals surface area contributed by atoms with Gasteiger partial charge in [0.15, 0.2) is 0 Å². The second-order valence-corrected chi connectivity index (χ2v) is 5.79. The Morgan fingerprint density at radius 1 is 1.19 bits per heavy atom. The zero-order valence-electron chi connectivity index (χ0n) is 11.5. The second kappa shape index (κ2) is 6.61. The van der Waals surface area contributed by atoms with E-state index in [1.807, 2.05) is 0 Å². The van der Waals surface area contributed by atoms with Crippen LogP contribution in [0.1, 0.15) is 52.9 Å². The molecule has 0 saturated heterocycles. The Balaban J connectivity index is 2.50. The van der Waals surface area contributed by atoms with E-state index in [4.69, 9.17) is 4.74 Å². The molecule has 0 heterocycles. The Kier molecular flexibility index (Phi) is 5.77. The van der Waals surface area contributed by atoms with Crippen LogP contribution in [0, 0.1) is 11.3 Å². The Morgan fingerprint density at radius 2 is 1.81 bits per heavy atom. The van der Waals surface area contributed by atoms with Gasteiger partial charge < -0.3 is 10.1 Å². The van der Waals surface area contributed by atoms with Crippen LogP contribution in [0.2, 0.25) is 0 Å². The van der Waals surface area contributed by atoms with E-state index in [0.717, 1.165) is 12.5 Å². The summed E-state index contributed by atoms with van der Waals surface area (Å²) in [5.41, 5.74) is 0.544. The van der Waals surface area contributed by atoms with Crippen LogP contribution >= 0.6 is 0 Å². The van der Waals surface area contributed by atoms with Crippen LogP contribution in [-0.2, 0) is 4.74 Å².